The quantitative estimate of drug-likeness (QED) is 0.425. The maximum atomic E-state index is 12.8. The Balaban J connectivity index is 1.50. The van der Waals surface area contributed by atoms with E-state index in [1.807, 2.05) is 61.5 Å². The first-order valence-electron chi connectivity index (χ1n) is 10.8. The first kappa shape index (κ1) is 23.8. The van der Waals surface area contributed by atoms with E-state index in [4.69, 9.17) is 9.47 Å². The molecule has 3 aromatic rings. The summed E-state index contributed by atoms with van der Waals surface area (Å²) in [6.07, 6.45) is 0. The van der Waals surface area contributed by atoms with Crippen LogP contribution in [0.15, 0.2) is 78.9 Å². The number of amides is 2. The van der Waals surface area contributed by atoms with E-state index in [1.54, 1.807) is 36.2 Å². The largest absolute Gasteiger partial charge is 0.491 e. The molecule has 0 aliphatic carbocycles. The predicted octanol–water partition coefficient (Wildman–Crippen LogP) is 4.43. The Hall–Kier alpha value is -3.84. The van der Waals surface area contributed by atoms with Gasteiger partial charge in [0.05, 0.1) is 13.2 Å². The number of nitrogens with zero attached hydrogens (tertiary/aromatic N) is 1. The summed E-state index contributed by atoms with van der Waals surface area (Å²) in [6, 6.07) is 23.7. The molecule has 0 unspecified atom stereocenters. The molecule has 3 aromatic carbocycles. The molecule has 0 atom stereocenters. The SMILES string of the molecule is CCOCCOc1ccc(NCC(=O)Nc2cccc(C(=O)N(C)c3ccccc3)c2)cc1. The third kappa shape index (κ3) is 7.36. The van der Waals surface area contributed by atoms with Crippen molar-refractivity contribution in [2.24, 2.45) is 0 Å². The van der Waals surface area contributed by atoms with Crippen LogP contribution in [0.3, 0.4) is 0 Å². The lowest BCUT2D eigenvalue weighted by Gasteiger charge is -2.17. The average Bonchev–Trinajstić information content (AvgIpc) is 2.86. The second-order valence-electron chi connectivity index (χ2n) is 7.25. The summed E-state index contributed by atoms with van der Waals surface area (Å²) in [5.74, 6) is 0.374. The molecular weight excluding hydrogens is 418 g/mol. The van der Waals surface area contributed by atoms with E-state index in [-0.39, 0.29) is 18.4 Å². The van der Waals surface area contributed by atoms with Crippen molar-refractivity contribution in [2.45, 2.75) is 6.92 Å². The Bertz CT molecular complexity index is 1040. The van der Waals surface area contributed by atoms with Crippen LogP contribution in [0.5, 0.6) is 5.75 Å². The zero-order valence-electron chi connectivity index (χ0n) is 18.9. The van der Waals surface area contributed by atoms with Gasteiger partial charge in [-0.05, 0) is 61.5 Å². The lowest BCUT2D eigenvalue weighted by atomic mass is 10.1. The third-order valence-corrected chi connectivity index (χ3v) is 4.85. The Morgan fingerprint density at radius 3 is 2.36 bits per heavy atom. The van der Waals surface area contributed by atoms with E-state index in [0.29, 0.717) is 31.1 Å². The van der Waals surface area contributed by atoms with Crippen molar-refractivity contribution in [1.29, 1.82) is 0 Å². The van der Waals surface area contributed by atoms with Crippen molar-refractivity contribution < 1.29 is 19.1 Å². The topological polar surface area (TPSA) is 79.9 Å². The minimum atomic E-state index is -0.215. The molecule has 2 amide bonds. The number of benzene rings is 3. The van der Waals surface area contributed by atoms with Crippen molar-refractivity contribution in [3.05, 3.63) is 84.4 Å². The van der Waals surface area contributed by atoms with Gasteiger partial charge in [0.1, 0.15) is 12.4 Å². The third-order valence-electron chi connectivity index (χ3n) is 4.85. The molecule has 7 nitrogen and oxygen atoms in total. The van der Waals surface area contributed by atoms with Gasteiger partial charge in [-0.3, -0.25) is 9.59 Å². The van der Waals surface area contributed by atoms with E-state index in [9.17, 15) is 9.59 Å². The van der Waals surface area contributed by atoms with Crippen LogP contribution >= 0.6 is 0 Å². The zero-order valence-corrected chi connectivity index (χ0v) is 18.9. The monoisotopic (exact) mass is 447 g/mol. The highest BCUT2D eigenvalue weighted by molar-refractivity contribution is 6.06. The average molecular weight is 448 g/mol. The standard InChI is InChI=1S/C26H29N3O4/c1-3-32-16-17-33-24-14-12-21(13-15-24)27-19-25(30)28-22-9-7-8-20(18-22)26(31)29(2)23-10-5-4-6-11-23/h4-15,18,27H,3,16-17,19H2,1-2H3,(H,28,30). The van der Waals surface area contributed by atoms with E-state index >= 15 is 0 Å². The Morgan fingerprint density at radius 1 is 0.879 bits per heavy atom. The van der Waals surface area contributed by atoms with Gasteiger partial charge in [-0.2, -0.15) is 0 Å². The van der Waals surface area contributed by atoms with Crippen LogP contribution < -0.4 is 20.3 Å². The van der Waals surface area contributed by atoms with Crippen LogP contribution in [0.25, 0.3) is 0 Å². The lowest BCUT2D eigenvalue weighted by Crippen LogP contribution is -2.26. The molecule has 2 N–H and O–H groups in total. The molecule has 0 saturated carbocycles. The molecule has 0 heterocycles. The van der Waals surface area contributed by atoms with E-state index in [0.717, 1.165) is 17.1 Å². The second-order valence-corrected chi connectivity index (χ2v) is 7.25. The van der Waals surface area contributed by atoms with Crippen molar-refractivity contribution >= 4 is 28.9 Å². The molecule has 0 spiro atoms. The minimum Gasteiger partial charge on any atom is -0.491 e. The number of para-hydroxylation sites is 1. The van der Waals surface area contributed by atoms with Crippen molar-refractivity contribution in [2.75, 3.05) is 48.9 Å². The highest BCUT2D eigenvalue weighted by Crippen LogP contribution is 2.18. The van der Waals surface area contributed by atoms with E-state index < -0.39 is 0 Å². The Morgan fingerprint density at radius 2 is 1.64 bits per heavy atom. The van der Waals surface area contributed by atoms with E-state index in [1.165, 1.54) is 0 Å². The van der Waals surface area contributed by atoms with Gasteiger partial charge < -0.3 is 25.0 Å². The summed E-state index contributed by atoms with van der Waals surface area (Å²) in [5.41, 5.74) is 2.65. The zero-order chi connectivity index (χ0) is 23.5. The smallest absolute Gasteiger partial charge is 0.258 e. The van der Waals surface area contributed by atoms with Crippen LogP contribution in [0.4, 0.5) is 17.1 Å². The molecule has 33 heavy (non-hydrogen) atoms. The molecule has 0 bridgehead atoms. The number of anilines is 3. The molecule has 0 aliphatic heterocycles. The predicted molar refractivity (Wildman–Crippen MR) is 131 cm³/mol. The first-order valence-corrected chi connectivity index (χ1v) is 10.8. The van der Waals surface area contributed by atoms with Crippen LogP contribution in [0.1, 0.15) is 17.3 Å². The summed E-state index contributed by atoms with van der Waals surface area (Å²) >= 11 is 0. The summed E-state index contributed by atoms with van der Waals surface area (Å²) < 4.78 is 10.8. The molecule has 0 fully saturated rings. The second kappa shape index (κ2) is 12.3. The number of ether oxygens (including phenoxy) is 2. The summed E-state index contributed by atoms with van der Waals surface area (Å²) in [4.78, 5) is 26.8. The fourth-order valence-electron chi connectivity index (χ4n) is 3.11. The first-order chi connectivity index (χ1) is 16.1. The molecule has 0 aliphatic rings. The molecular formula is C26H29N3O4. The molecule has 7 heteroatoms. The molecule has 0 aromatic heterocycles. The summed E-state index contributed by atoms with van der Waals surface area (Å²) in [7, 11) is 1.72. The maximum absolute atomic E-state index is 12.8. The Kier molecular flexibility index (Phi) is 8.85. The van der Waals surface area contributed by atoms with Crippen LogP contribution in [-0.4, -0.2) is 45.2 Å². The van der Waals surface area contributed by atoms with Crippen molar-refractivity contribution in [3.8, 4) is 5.75 Å². The highest BCUT2D eigenvalue weighted by atomic mass is 16.5. The van der Waals surface area contributed by atoms with E-state index in [2.05, 4.69) is 10.6 Å². The van der Waals surface area contributed by atoms with Gasteiger partial charge in [-0.1, -0.05) is 24.3 Å². The van der Waals surface area contributed by atoms with Crippen molar-refractivity contribution in [3.63, 3.8) is 0 Å². The molecule has 3 rings (SSSR count). The van der Waals surface area contributed by atoms with Gasteiger partial charge in [0.15, 0.2) is 0 Å². The fraction of sp³-hybridized carbons (Fsp3) is 0.231. The fourth-order valence-corrected chi connectivity index (χ4v) is 3.11. The maximum Gasteiger partial charge on any atom is 0.258 e. The van der Waals surface area contributed by atoms with Gasteiger partial charge in [-0.25, -0.2) is 0 Å². The Labute approximate surface area is 194 Å². The van der Waals surface area contributed by atoms with Crippen LogP contribution in [-0.2, 0) is 9.53 Å². The van der Waals surface area contributed by atoms with Gasteiger partial charge in [0, 0.05) is 36.3 Å². The highest BCUT2D eigenvalue weighted by Gasteiger charge is 2.14. The molecule has 172 valence electrons. The van der Waals surface area contributed by atoms with Gasteiger partial charge >= 0.3 is 0 Å². The number of nitrogens with one attached hydrogen (secondary N) is 2. The van der Waals surface area contributed by atoms with Gasteiger partial charge in [0.25, 0.3) is 5.91 Å². The number of carbonyl (C=O) groups is 2. The lowest BCUT2D eigenvalue weighted by molar-refractivity contribution is -0.114. The minimum absolute atomic E-state index is 0.0899. The van der Waals surface area contributed by atoms with Crippen LogP contribution in [0, 0.1) is 0 Å². The van der Waals surface area contributed by atoms with Crippen molar-refractivity contribution in [1.82, 2.24) is 0 Å². The molecule has 0 saturated heterocycles. The van der Waals surface area contributed by atoms with Crippen LogP contribution in [0.2, 0.25) is 0 Å². The number of carbonyl (C=O) groups excluding carboxylic acids is 2. The molecule has 0 radical (unpaired) electrons. The van der Waals surface area contributed by atoms with Gasteiger partial charge in [0.2, 0.25) is 5.91 Å². The summed E-state index contributed by atoms with van der Waals surface area (Å²) in [6.45, 7) is 3.74. The number of hydrogen-bond donors (Lipinski definition) is 2. The van der Waals surface area contributed by atoms with Gasteiger partial charge in [-0.15, -0.1) is 0 Å². The number of hydrogen-bond acceptors (Lipinski definition) is 5. The number of rotatable bonds is 11. The normalized spacial score (nSPS) is 10.4. The summed E-state index contributed by atoms with van der Waals surface area (Å²) in [5, 5.41) is 5.90.